The SMILES string of the molecule is O=C(Cc1ccccc1)Nc1cccc(-c2nc3n(c2-c2ccnc(N4CCO[C@@H](COc5ccccc5)C4)n2)CCS3)c1. The number of hydrogen-bond acceptors (Lipinski definition) is 8. The van der Waals surface area contributed by atoms with Gasteiger partial charge in [0.05, 0.1) is 36.7 Å². The van der Waals surface area contributed by atoms with Crippen LogP contribution in [-0.4, -0.2) is 63.6 Å². The van der Waals surface area contributed by atoms with E-state index in [1.165, 1.54) is 0 Å². The van der Waals surface area contributed by atoms with Crippen LogP contribution in [-0.2, 0) is 22.5 Å². The number of aromatic nitrogens is 4. The summed E-state index contributed by atoms with van der Waals surface area (Å²) >= 11 is 1.74. The van der Waals surface area contributed by atoms with Gasteiger partial charge in [-0.3, -0.25) is 4.79 Å². The largest absolute Gasteiger partial charge is 0.491 e. The first-order chi connectivity index (χ1) is 21.7. The van der Waals surface area contributed by atoms with Gasteiger partial charge in [-0.05, 0) is 35.9 Å². The van der Waals surface area contributed by atoms with Crippen LogP contribution in [0.25, 0.3) is 22.6 Å². The molecule has 10 heteroatoms. The number of fused-ring (bicyclic) bond motifs is 1. The first kappa shape index (κ1) is 28.1. The van der Waals surface area contributed by atoms with Crippen LogP contribution in [0.15, 0.2) is 102 Å². The molecule has 4 heterocycles. The highest BCUT2D eigenvalue weighted by Crippen LogP contribution is 2.39. The van der Waals surface area contributed by atoms with Crippen LogP contribution in [0.3, 0.4) is 0 Å². The van der Waals surface area contributed by atoms with E-state index in [1.54, 1.807) is 11.8 Å². The van der Waals surface area contributed by atoms with Crippen molar-refractivity contribution in [2.75, 3.05) is 42.3 Å². The van der Waals surface area contributed by atoms with Gasteiger partial charge in [0.15, 0.2) is 5.16 Å². The van der Waals surface area contributed by atoms with Crippen LogP contribution >= 0.6 is 11.8 Å². The summed E-state index contributed by atoms with van der Waals surface area (Å²) in [6.07, 6.45) is 2.03. The lowest BCUT2D eigenvalue weighted by molar-refractivity contribution is -0.115. The van der Waals surface area contributed by atoms with Crippen LogP contribution < -0.4 is 15.0 Å². The Balaban J connectivity index is 1.12. The number of carbonyl (C=O) groups excluding carboxylic acids is 1. The van der Waals surface area contributed by atoms with Gasteiger partial charge in [0, 0.05) is 36.3 Å². The Labute approximate surface area is 260 Å². The zero-order valence-electron chi connectivity index (χ0n) is 24.1. The van der Waals surface area contributed by atoms with Crippen molar-refractivity contribution < 1.29 is 14.3 Å². The molecule has 44 heavy (non-hydrogen) atoms. The van der Waals surface area contributed by atoms with Crippen molar-refractivity contribution in [1.29, 1.82) is 0 Å². The third-order valence-electron chi connectivity index (χ3n) is 7.59. The van der Waals surface area contributed by atoms with E-state index in [9.17, 15) is 4.79 Å². The lowest BCUT2D eigenvalue weighted by atomic mass is 10.1. The van der Waals surface area contributed by atoms with Crippen LogP contribution in [0.4, 0.5) is 11.6 Å². The normalized spacial score (nSPS) is 16.0. The van der Waals surface area contributed by atoms with Crippen molar-refractivity contribution in [1.82, 2.24) is 19.5 Å². The molecule has 5 aromatic rings. The number of nitrogens with one attached hydrogen (secondary N) is 1. The predicted molar refractivity (Wildman–Crippen MR) is 172 cm³/mol. The molecule has 1 fully saturated rings. The number of imidazole rings is 1. The Morgan fingerprint density at radius 3 is 2.68 bits per heavy atom. The maximum Gasteiger partial charge on any atom is 0.228 e. The molecule has 222 valence electrons. The molecule has 7 rings (SSSR count). The summed E-state index contributed by atoms with van der Waals surface area (Å²) in [5, 5.41) is 4.02. The van der Waals surface area contributed by atoms with Gasteiger partial charge < -0.3 is 24.3 Å². The van der Waals surface area contributed by atoms with Gasteiger partial charge in [-0.2, -0.15) is 0 Å². The highest BCUT2D eigenvalue weighted by molar-refractivity contribution is 7.99. The first-order valence-electron chi connectivity index (χ1n) is 14.7. The predicted octanol–water partition coefficient (Wildman–Crippen LogP) is 5.58. The minimum atomic E-state index is -0.0952. The smallest absolute Gasteiger partial charge is 0.228 e. The number of anilines is 2. The van der Waals surface area contributed by atoms with E-state index in [0.717, 1.165) is 57.1 Å². The van der Waals surface area contributed by atoms with Crippen LogP contribution in [0.1, 0.15) is 5.56 Å². The van der Waals surface area contributed by atoms with E-state index in [-0.39, 0.29) is 12.0 Å². The molecule has 0 radical (unpaired) electrons. The molecule has 0 spiro atoms. The van der Waals surface area contributed by atoms with E-state index in [4.69, 9.17) is 19.4 Å². The zero-order chi connectivity index (χ0) is 29.7. The summed E-state index contributed by atoms with van der Waals surface area (Å²) in [4.78, 5) is 29.7. The summed E-state index contributed by atoms with van der Waals surface area (Å²) in [7, 11) is 0. The van der Waals surface area contributed by atoms with Gasteiger partial charge in [0.2, 0.25) is 11.9 Å². The average molecular weight is 605 g/mol. The maximum atomic E-state index is 12.8. The number of amides is 1. The van der Waals surface area contributed by atoms with Gasteiger partial charge in [0.1, 0.15) is 18.5 Å². The molecule has 0 saturated carbocycles. The van der Waals surface area contributed by atoms with E-state index < -0.39 is 0 Å². The number of thioether (sulfide) groups is 1. The second-order valence-electron chi connectivity index (χ2n) is 10.7. The summed E-state index contributed by atoms with van der Waals surface area (Å²) in [6.45, 7) is 3.21. The van der Waals surface area contributed by atoms with Gasteiger partial charge in [0.25, 0.3) is 0 Å². The summed E-state index contributed by atoms with van der Waals surface area (Å²) in [5.41, 5.74) is 5.24. The van der Waals surface area contributed by atoms with Gasteiger partial charge in [-0.15, -0.1) is 0 Å². The van der Waals surface area contributed by atoms with Crippen molar-refractivity contribution in [2.45, 2.75) is 24.2 Å². The number of ether oxygens (including phenoxy) is 2. The molecule has 2 aromatic heterocycles. The van der Waals surface area contributed by atoms with Crippen LogP contribution in [0, 0.1) is 0 Å². The fourth-order valence-corrected chi connectivity index (χ4v) is 6.46. The molecule has 2 aliphatic rings. The van der Waals surface area contributed by atoms with E-state index in [0.29, 0.717) is 38.7 Å². The van der Waals surface area contributed by atoms with Gasteiger partial charge in [-0.25, -0.2) is 15.0 Å². The van der Waals surface area contributed by atoms with Crippen molar-refractivity contribution >= 4 is 29.3 Å². The van der Waals surface area contributed by atoms with E-state index in [2.05, 4.69) is 19.8 Å². The number of benzene rings is 3. The lowest BCUT2D eigenvalue weighted by Gasteiger charge is -2.32. The Hall–Kier alpha value is -4.67. The standard InChI is InChI=1S/C34H32N6O3S/c41-30(20-24-8-3-1-4-9-24)36-26-11-7-10-25(21-26)31-32(40-17-19-44-34(40)38-31)29-14-15-35-33(37-29)39-16-18-42-28(22-39)23-43-27-12-5-2-6-13-27/h1-15,21,28H,16-20,22-23H2,(H,36,41)/t28-/m1/s1. The number of morpholine rings is 1. The van der Waals surface area contributed by atoms with Gasteiger partial charge in [-0.1, -0.05) is 72.4 Å². The fourth-order valence-electron chi connectivity index (χ4n) is 5.51. The highest BCUT2D eigenvalue weighted by atomic mass is 32.2. The second-order valence-corrected chi connectivity index (χ2v) is 11.7. The molecule has 1 N–H and O–H groups in total. The molecule has 2 aliphatic heterocycles. The third kappa shape index (κ3) is 6.31. The fraction of sp³-hybridized carbons (Fsp3) is 0.235. The minimum Gasteiger partial charge on any atom is -0.491 e. The second kappa shape index (κ2) is 12.9. The molecule has 1 amide bonds. The molecule has 1 atom stereocenters. The molecule has 9 nitrogen and oxygen atoms in total. The highest BCUT2D eigenvalue weighted by Gasteiger charge is 2.27. The quantitative estimate of drug-likeness (QED) is 0.233. The number of rotatable bonds is 9. The number of para-hydroxylation sites is 1. The van der Waals surface area contributed by atoms with Crippen molar-refractivity contribution in [3.8, 4) is 28.4 Å². The number of carbonyl (C=O) groups is 1. The maximum absolute atomic E-state index is 12.8. The van der Waals surface area contributed by atoms with Crippen molar-refractivity contribution in [3.63, 3.8) is 0 Å². The molecule has 0 bridgehead atoms. The molecule has 3 aromatic carbocycles. The Morgan fingerprint density at radius 2 is 1.82 bits per heavy atom. The number of hydrogen-bond donors (Lipinski definition) is 1. The van der Waals surface area contributed by atoms with E-state index in [1.807, 2.05) is 97.2 Å². The Kier molecular flexibility index (Phi) is 8.25. The molecule has 0 aliphatic carbocycles. The average Bonchev–Trinajstić information content (AvgIpc) is 3.67. The number of nitrogens with zero attached hydrogens (tertiary/aromatic N) is 5. The monoisotopic (exact) mass is 604 g/mol. The minimum absolute atomic E-state index is 0.0603. The van der Waals surface area contributed by atoms with Crippen molar-refractivity contribution in [3.05, 3.63) is 103 Å². The Morgan fingerprint density at radius 1 is 0.977 bits per heavy atom. The third-order valence-corrected chi connectivity index (χ3v) is 8.55. The molecule has 1 saturated heterocycles. The van der Waals surface area contributed by atoms with Crippen LogP contribution in [0.2, 0.25) is 0 Å². The zero-order valence-corrected chi connectivity index (χ0v) is 25.0. The first-order valence-corrected chi connectivity index (χ1v) is 15.7. The summed E-state index contributed by atoms with van der Waals surface area (Å²) < 4.78 is 14.2. The van der Waals surface area contributed by atoms with Crippen molar-refractivity contribution in [2.24, 2.45) is 0 Å². The summed E-state index contributed by atoms with van der Waals surface area (Å²) in [6, 6.07) is 29.3. The molecular weight excluding hydrogens is 572 g/mol. The Bertz CT molecular complexity index is 1750. The van der Waals surface area contributed by atoms with E-state index >= 15 is 0 Å². The van der Waals surface area contributed by atoms with Gasteiger partial charge >= 0.3 is 0 Å². The summed E-state index contributed by atoms with van der Waals surface area (Å²) in [5.74, 6) is 2.39. The topological polar surface area (TPSA) is 94.4 Å². The van der Waals surface area contributed by atoms with Crippen LogP contribution in [0.5, 0.6) is 5.75 Å². The molecular formula is C34H32N6O3S. The lowest BCUT2D eigenvalue weighted by Crippen LogP contribution is -2.45. The molecule has 0 unspecified atom stereocenters.